The second kappa shape index (κ2) is 8.48. The molecule has 0 saturated carbocycles. The number of hydrogen-bond donors (Lipinski definition) is 1. The van der Waals surface area contributed by atoms with Crippen molar-refractivity contribution in [1.82, 2.24) is 14.5 Å². The normalized spacial score (nSPS) is 11.1. The second-order valence-corrected chi connectivity index (χ2v) is 5.88. The van der Waals surface area contributed by atoms with Crippen molar-refractivity contribution < 1.29 is 9.90 Å². The smallest absolute Gasteiger partial charge is 0.335 e. The van der Waals surface area contributed by atoms with Crippen molar-refractivity contribution in [2.24, 2.45) is 0 Å². The maximum absolute atomic E-state index is 10.8. The van der Waals surface area contributed by atoms with E-state index < -0.39 is 5.97 Å². The Labute approximate surface area is 137 Å². The van der Waals surface area contributed by atoms with Crippen molar-refractivity contribution in [3.63, 3.8) is 0 Å². The number of aryl methyl sites for hydroxylation is 2. The zero-order chi connectivity index (χ0) is 16.7. The topological polar surface area (TPSA) is 58.4 Å². The fourth-order valence-electron chi connectivity index (χ4n) is 2.66. The molecular weight excluding hydrogens is 290 g/mol. The first-order valence-corrected chi connectivity index (χ1v) is 8.11. The van der Waals surface area contributed by atoms with Gasteiger partial charge >= 0.3 is 5.97 Å². The lowest BCUT2D eigenvalue weighted by Gasteiger charge is -2.17. The van der Waals surface area contributed by atoms with Crippen LogP contribution in [0.2, 0.25) is 0 Å². The highest BCUT2D eigenvalue weighted by Gasteiger charge is 2.06. The first-order chi connectivity index (χ1) is 11.1. The van der Waals surface area contributed by atoms with E-state index in [1.807, 2.05) is 24.5 Å². The van der Waals surface area contributed by atoms with Crippen molar-refractivity contribution >= 4 is 5.97 Å². The Morgan fingerprint density at radius 3 is 2.70 bits per heavy atom. The third-order valence-corrected chi connectivity index (χ3v) is 3.86. The summed E-state index contributed by atoms with van der Waals surface area (Å²) in [5.41, 5.74) is 1.46. The molecule has 2 rings (SSSR count). The van der Waals surface area contributed by atoms with E-state index in [2.05, 4.69) is 28.4 Å². The molecule has 0 aliphatic heterocycles. The first-order valence-electron chi connectivity index (χ1n) is 8.11. The Hall–Kier alpha value is -2.14. The Morgan fingerprint density at radius 1 is 1.30 bits per heavy atom. The number of nitrogens with zero attached hydrogens (tertiary/aromatic N) is 3. The standard InChI is InChI=1S/C18H25N3O2/c1-3-11-21-13-10-19-17(21)5-4-12-20(2)14-15-6-8-16(9-7-15)18(22)23/h6-10,13H,3-5,11-12,14H2,1-2H3,(H,22,23). The molecule has 5 nitrogen and oxygen atoms in total. The number of hydrogen-bond acceptors (Lipinski definition) is 3. The Balaban J connectivity index is 1.77. The molecule has 0 aliphatic rings. The van der Waals surface area contributed by atoms with Crippen LogP contribution in [0.15, 0.2) is 36.7 Å². The minimum absolute atomic E-state index is 0.333. The number of aromatic carboxylic acids is 1. The van der Waals surface area contributed by atoms with Crippen LogP contribution in [0.1, 0.15) is 41.5 Å². The van der Waals surface area contributed by atoms with Gasteiger partial charge in [0.15, 0.2) is 0 Å². The summed E-state index contributed by atoms with van der Waals surface area (Å²) in [5, 5.41) is 8.91. The van der Waals surface area contributed by atoms with Crippen LogP contribution in [-0.4, -0.2) is 39.1 Å². The van der Waals surface area contributed by atoms with Crippen molar-refractivity contribution in [2.75, 3.05) is 13.6 Å². The lowest BCUT2D eigenvalue weighted by Crippen LogP contribution is -2.20. The van der Waals surface area contributed by atoms with E-state index >= 15 is 0 Å². The molecule has 5 heteroatoms. The van der Waals surface area contributed by atoms with Crippen molar-refractivity contribution in [3.05, 3.63) is 53.6 Å². The van der Waals surface area contributed by atoms with Crippen LogP contribution in [0.3, 0.4) is 0 Å². The lowest BCUT2D eigenvalue weighted by atomic mass is 10.1. The van der Waals surface area contributed by atoms with E-state index in [1.165, 1.54) is 0 Å². The predicted octanol–water partition coefficient (Wildman–Crippen LogP) is 3.06. The molecule has 1 aromatic carbocycles. The maximum Gasteiger partial charge on any atom is 0.335 e. The summed E-state index contributed by atoms with van der Waals surface area (Å²) in [7, 11) is 2.09. The van der Waals surface area contributed by atoms with Crippen molar-refractivity contribution in [1.29, 1.82) is 0 Å². The van der Waals surface area contributed by atoms with Gasteiger partial charge in [0.25, 0.3) is 0 Å². The molecule has 0 amide bonds. The van der Waals surface area contributed by atoms with E-state index in [-0.39, 0.29) is 0 Å². The van der Waals surface area contributed by atoms with Gasteiger partial charge in [-0.1, -0.05) is 19.1 Å². The molecule has 0 unspecified atom stereocenters. The highest BCUT2D eigenvalue weighted by Crippen LogP contribution is 2.08. The Morgan fingerprint density at radius 2 is 2.04 bits per heavy atom. The molecule has 0 bridgehead atoms. The van der Waals surface area contributed by atoms with Crippen molar-refractivity contribution in [3.8, 4) is 0 Å². The number of imidazole rings is 1. The molecule has 23 heavy (non-hydrogen) atoms. The van der Waals surface area contributed by atoms with E-state index in [1.54, 1.807) is 12.1 Å². The third kappa shape index (κ3) is 5.21. The van der Waals surface area contributed by atoms with Crippen LogP contribution in [0.5, 0.6) is 0 Å². The van der Waals surface area contributed by atoms with E-state index in [0.717, 1.165) is 50.3 Å². The Bertz CT molecular complexity index is 619. The molecule has 1 heterocycles. The van der Waals surface area contributed by atoms with E-state index in [4.69, 9.17) is 5.11 Å². The Kier molecular flexibility index (Phi) is 6.35. The average Bonchev–Trinajstić information content (AvgIpc) is 2.95. The van der Waals surface area contributed by atoms with Crippen LogP contribution < -0.4 is 0 Å². The first kappa shape index (κ1) is 17.2. The van der Waals surface area contributed by atoms with E-state index in [9.17, 15) is 4.79 Å². The molecule has 2 aromatic rings. The molecule has 0 saturated heterocycles. The third-order valence-electron chi connectivity index (χ3n) is 3.86. The van der Waals surface area contributed by atoms with Crippen molar-refractivity contribution in [2.45, 2.75) is 39.3 Å². The molecule has 0 radical (unpaired) electrons. The fourth-order valence-corrected chi connectivity index (χ4v) is 2.66. The summed E-state index contributed by atoms with van der Waals surface area (Å²) in [5.74, 6) is 0.276. The molecule has 1 N–H and O–H groups in total. The molecular formula is C18H25N3O2. The fraction of sp³-hybridized carbons (Fsp3) is 0.444. The minimum atomic E-state index is -0.882. The zero-order valence-corrected chi connectivity index (χ0v) is 13.9. The quantitative estimate of drug-likeness (QED) is 0.772. The van der Waals surface area contributed by atoms with E-state index in [0.29, 0.717) is 5.56 Å². The molecule has 1 aromatic heterocycles. The molecule has 124 valence electrons. The van der Waals surface area contributed by atoms with Gasteiger partial charge < -0.3 is 14.6 Å². The summed E-state index contributed by atoms with van der Waals surface area (Å²) in [6, 6.07) is 7.09. The number of carboxylic acid groups (broad SMARTS) is 1. The van der Waals surface area contributed by atoms with Gasteiger partial charge in [-0.05, 0) is 44.1 Å². The van der Waals surface area contributed by atoms with Gasteiger partial charge in [-0.25, -0.2) is 9.78 Å². The van der Waals surface area contributed by atoms with Gasteiger partial charge in [-0.2, -0.15) is 0 Å². The van der Waals surface area contributed by atoms with Crippen LogP contribution in [0.4, 0.5) is 0 Å². The van der Waals surface area contributed by atoms with Crippen LogP contribution in [0.25, 0.3) is 0 Å². The van der Waals surface area contributed by atoms with Crippen LogP contribution >= 0.6 is 0 Å². The van der Waals surface area contributed by atoms with Gasteiger partial charge in [0, 0.05) is 31.9 Å². The van der Waals surface area contributed by atoms with Crippen LogP contribution in [0, 0.1) is 0 Å². The minimum Gasteiger partial charge on any atom is -0.478 e. The zero-order valence-electron chi connectivity index (χ0n) is 13.9. The number of benzene rings is 1. The summed E-state index contributed by atoms with van der Waals surface area (Å²) in [6.07, 6.45) is 7.08. The van der Waals surface area contributed by atoms with Gasteiger partial charge in [0.1, 0.15) is 5.82 Å². The summed E-state index contributed by atoms with van der Waals surface area (Å²) < 4.78 is 2.23. The van der Waals surface area contributed by atoms with Gasteiger partial charge in [-0.15, -0.1) is 0 Å². The molecule has 0 aliphatic carbocycles. The van der Waals surface area contributed by atoms with Gasteiger partial charge in [-0.3, -0.25) is 0 Å². The SMILES string of the molecule is CCCn1ccnc1CCCN(C)Cc1ccc(C(=O)O)cc1. The summed E-state index contributed by atoms with van der Waals surface area (Å²) >= 11 is 0. The average molecular weight is 315 g/mol. The van der Waals surface area contributed by atoms with Gasteiger partial charge in [0.05, 0.1) is 5.56 Å². The monoisotopic (exact) mass is 315 g/mol. The number of aromatic nitrogens is 2. The predicted molar refractivity (Wildman–Crippen MR) is 90.6 cm³/mol. The molecule has 0 fully saturated rings. The number of carboxylic acids is 1. The van der Waals surface area contributed by atoms with Gasteiger partial charge in [0.2, 0.25) is 0 Å². The lowest BCUT2D eigenvalue weighted by molar-refractivity contribution is 0.0697. The molecule has 0 atom stereocenters. The highest BCUT2D eigenvalue weighted by atomic mass is 16.4. The van der Waals surface area contributed by atoms with Crippen LogP contribution in [-0.2, 0) is 19.5 Å². The second-order valence-electron chi connectivity index (χ2n) is 5.88. The largest absolute Gasteiger partial charge is 0.478 e. The number of rotatable bonds is 9. The number of carbonyl (C=O) groups is 1. The maximum atomic E-state index is 10.8. The molecule has 0 spiro atoms. The summed E-state index contributed by atoms with van der Waals surface area (Å²) in [6.45, 7) is 5.01. The summed E-state index contributed by atoms with van der Waals surface area (Å²) in [4.78, 5) is 17.5. The highest BCUT2D eigenvalue weighted by molar-refractivity contribution is 5.87.